The van der Waals surface area contributed by atoms with Gasteiger partial charge in [0.05, 0.1) is 5.52 Å². The van der Waals surface area contributed by atoms with E-state index in [1.54, 1.807) is 0 Å². The molecule has 0 saturated heterocycles. The van der Waals surface area contributed by atoms with Gasteiger partial charge in [0, 0.05) is 22.2 Å². The molecule has 0 bridgehead atoms. The lowest BCUT2D eigenvalue weighted by Gasteiger charge is -2.30. The number of aryl methyl sites for hydroxylation is 1. The highest BCUT2D eigenvalue weighted by Crippen LogP contribution is 2.49. The second-order valence-electron chi connectivity index (χ2n) is 19.7. The second kappa shape index (κ2) is 12.4. The molecule has 0 aliphatic heterocycles. The Bertz CT molecular complexity index is 3820. The fraction of sp³-hybridized carbons (Fsp3) is 0.167. The van der Waals surface area contributed by atoms with Gasteiger partial charge < -0.3 is 4.57 Å². The molecule has 0 unspecified atom stereocenters. The van der Waals surface area contributed by atoms with Gasteiger partial charge in [0.1, 0.15) is 0 Å². The van der Waals surface area contributed by atoms with Crippen molar-refractivity contribution < 1.29 is 0 Å². The maximum absolute atomic E-state index is 2.58. The first-order chi connectivity index (χ1) is 29.4. The van der Waals surface area contributed by atoms with E-state index in [2.05, 4.69) is 212 Å². The van der Waals surface area contributed by atoms with E-state index < -0.39 is 0 Å². The van der Waals surface area contributed by atoms with Crippen LogP contribution >= 0.6 is 0 Å². The van der Waals surface area contributed by atoms with Crippen LogP contribution in [0.15, 0.2) is 152 Å². The standard InChI is InChI=1S/C60H49N/c1-34-35(2)61(39-28-31-47-51(32-39)57(60(6,7)8)46-22-13-12-21-45(46)56(47)59(3,4)5)58-48-23-14-10-19-41(48)50-33-49(40-18-9-11-20-43(40)55(50)52(34)58)42-29-26-38-25-24-36-16-15-17-37-27-30-44(42)54(38)53(36)37/h9-33H,1-8H3. The Kier molecular flexibility index (Phi) is 7.37. The van der Waals surface area contributed by atoms with Crippen LogP contribution in [0.2, 0.25) is 0 Å². The van der Waals surface area contributed by atoms with Crippen LogP contribution in [0.4, 0.5) is 0 Å². The normalized spacial score (nSPS) is 12.9. The molecule has 0 radical (unpaired) electrons. The lowest BCUT2D eigenvalue weighted by Crippen LogP contribution is -2.17. The average Bonchev–Trinajstić information content (AvgIpc) is 3.52. The summed E-state index contributed by atoms with van der Waals surface area (Å²) in [5.41, 5.74) is 10.4. The topological polar surface area (TPSA) is 4.93 Å². The molecule has 0 aliphatic carbocycles. The summed E-state index contributed by atoms with van der Waals surface area (Å²) in [5, 5.41) is 22.5. The molecule has 0 spiro atoms. The number of aromatic nitrogens is 1. The monoisotopic (exact) mass is 783 g/mol. The largest absolute Gasteiger partial charge is 0.313 e. The van der Waals surface area contributed by atoms with Gasteiger partial charge in [-0.1, -0.05) is 175 Å². The summed E-state index contributed by atoms with van der Waals surface area (Å²) >= 11 is 0. The number of rotatable bonds is 2. The van der Waals surface area contributed by atoms with Crippen molar-refractivity contribution in [3.8, 4) is 16.8 Å². The first-order valence-corrected chi connectivity index (χ1v) is 21.9. The van der Waals surface area contributed by atoms with Crippen LogP contribution in [0, 0.1) is 13.8 Å². The third kappa shape index (κ3) is 4.95. The zero-order valence-electron chi connectivity index (χ0n) is 36.4. The van der Waals surface area contributed by atoms with Crippen LogP contribution in [0.3, 0.4) is 0 Å². The Morgan fingerprint density at radius 1 is 0.344 bits per heavy atom. The van der Waals surface area contributed by atoms with E-state index in [-0.39, 0.29) is 10.8 Å². The number of hydrogen-bond donors (Lipinski definition) is 0. The third-order valence-electron chi connectivity index (χ3n) is 14.1. The van der Waals surface area contributed by atoms with Crippen molar-refractivity contribution in [3.05, 3.63) is 174 Å². The van der Waals surface area contributed by atoms with Crippen molar-refractivity contribution in [1.29, 1.82) is 0 Å². The quantitative estimate of drug-likeness (QED) is 0.122. The minimum Gasteiger partial charge on any atom is -0.313 e. The summed E-state index contributed by atoms with van der Waals surface area (Å²) in [5.74, 6) is 0. The van der Waals surface area contributed by atoms with Crippen molar-refractivity contribution in [2.45, 2.75) is 66.2 Å². The van der Waals surface area contributed by atoms with E-state index in [0.717, 1.165) is 0 Å². The molecule has 1 nitrogen and oxygen atoms in total. The SMILES string of the molecule is Cc1c(C)n(-c2ccc3c(C(C)(C)C)c4ccccc4c(C(C)(C)C)c3c2)c2c3ccccc3c3cc(-c4ccc5ccc6cccc7ccc4c5c67)c4ccccc4c3c12. The van der Waals surface area contributed by atoms with Crippen molar-refractivity contribution >= 4 is 97.1 Å². The van der Waals surface area contributed by atoms with Gasteiger partial charge in [0.25, 0.3) is 0 Å². The van der Waals surface area contributed by atoms with Gasteiger partial charge in [-0.15, -0.1) is 0 Å². The van der Waals surface area contributed by atoms with Crippen LogP contribution < -0.4 is 0 Å². The molecule has 1 heteroatoms. The lowest BCUT2D eigenvalue weighted by molar-refractivity contribution is 0.593. The first kappa shape index (κ1) is 36.2. The number of fused-ring (bicyclic) bond motifs is 10. The minimum atomic E-state index is -0.0646. The predicted octanol–water partition coefficient (Wildman–Crippen LogP) is 17.2. The van der Waals surface area contributed by atoms with E-state index in [4.69, 9.17) is 0 Å². The van der Waals surface area contributed by atoms with Crippen LogP contribution in [0.25, 0.3) is 114 Å². The Morgan fingerprint density at radius 2 is 0.869 bits per heavy atom. The molecule has 294 valence electrons. The van der Waals surface area contributed by atoms with Gasteiger partial charge in [-0.25, -0.2) is 0 Å². The summed E-state index contributed by atoms with van der Waals surface area (Å²) in [4.78, 5) is 0. The molecule has 0 amide bonds. The molecule has 61 heavy (non-hydrogen) atoms. The molecule has 11 aromatic carbocycles. The maximum Gasteiger partial charge on any atom is 0.0619 e. The highest BCUT2D eigenvalue weighted by molar-refractivity contribution is 6.35. The maximum atomic E-state index is 2.58. The van der Waals surface area contributed by atoms with Gasteiger partial charge in [-0.05, 0) is 151 Å². The molecule has 0 saturated carbocycles. The summed E-state index contributed by atoms with van der Waals surface area (Å²) in [7, 11) is 0. The zero-order chi connectivity index (χ0) is 41.7. The zero-order valence-corrected chi connectivity index (χ0v) is 36.4. The van der Waals surface area contributed by atoms with Crippen LogP contribution in [-0.4, -0.2) is 4.57 Å². The van der Waals surface area contributed by atoms with E-state index in [9.17, 15) is 0 Å². The Hall–Kier alpha value is -6.70. The van der Waals surface area contributed by atoms with Crippen LogP contribution in [-0.2, 0) is 10.8 Å². The van der Waals surface area contributed by atoms with Gasteiger partial charge in [0.2, 0.25) is 0 Å². The van der Waals surface area contributed by atoms with Gasteiger partial charge in [0.15, 0.2) is 0 Å². The number of nitrogens with zero attached hydrogens (tertiary/aromatic N) is 1. The van der Waals surface area contributed by atoms with Crippen LogP contribution in [0.5, 0.6) is 0 Å². The molecular formula is C60H49N. The van der Waals surface area contributed by atoms with Crippen LogP contribution in [0.1, 0.15) is 63.9 Å². The first-order valence-electron chi connectivity index (χ1n) is 21.9. The number of hydrogen-bond acceptors (Lipinski definition) is 0. The predicted molar refractivity (Wildman–Crippen MR) is 267 cm³/mol. The fourth-order valence-electron chi connectivity index (χ4n) is 11.6. The smallest absolute Gasteiger partial charge is 0.0619 e. The molecule has 0 atom stereocenters. The molecule has 0 N–H and O–H groups in total. The molecule has 0 fully saturated rings. The lowest BCUT2D eigenvalue weighted by atomic mass is 9.74. The van der Waals surface area contributed by atoms with Gasteiger partial charge in [-0.2, -0.15) is 0 Å². The number of benzene rings is 11. The second-order valence-corrected chi connectivity index (χ2v) is 19.7. The Balaban J connectivity index is 1.21. The van der Waals surface area contributed by atoms with Gasteiger partial charge >= 0.3 is 0 Å². The summed E-state index contributed by atoms with van der Waals surface area (Å²) in [6.45, 7) is 18.9. The Labute approximate surface area is 357 Å². The summed E-state index contributed by atoms with van der Waals surface area (Å²) in [6, 6.07) is 57.8. The molecule has 1 heterocycles. The average molecular weight is 784 g/mol. The molecule has 0 aliphatic rings. The van der Waals surface area contributed by atoms with Crippen molar-refractivity contribution in [2.75, 3.05) is 0 Å². The Morgan fingerprint density at radius 3 is 1.54 bits per heavy atom. The highest BCUT2D eigenvalue weighted by Gasteiger charge is 2.29. The highest BCUT2D eigenvalue weighted by atomic mass is 15.0. The molecular weight excluding hydrogens is 735 g/mol. The third-order valence-corrected chi connectivity index (χ3v) is 14.1. The van der Waals surface area contributed by atoms with E-state index in [0.29, 0.717) is 0 Å². The summed E-state index contributed by atoms with van der Waals surface area (Å²) < 4.78 is 2.58. The summed E-state index contributed by atoms with van der Waals surface area (Å²) in [6.07, 6.45) is 0. The fourth-order valence-corrected chi connectivity index (χ4v) is 11.6. The molecule has 1 aromatic heterocycles. The molecule has 12 rings (SSSR count). The van der Waals surface area contributed by atoms with Gasteiger partial charge in [-0.3, -0.25) is 0 Å². The van der Waals surface area contributed by atoms with Crippen molar-refractivity contribution in [3.63, 3.8) is 0 Å². The van der Waals surface area contributed by atoms with E-state index in [1.807, 2.05) is 0 Å². The van der Waals surface area contributed by atoms with E-state index in [1.165, 1.54) is 136 Å². The molecule has 12 aromatic rings. The minimum absolute atomic E-state index is 0.0327. The van der Waals surface area contributed by atoms with Crippen molar-refractivity contribution in [1.82, 2.24) is 4.57 Å². The van der Waals surface area contributed by atoms with E-state index >= 15 is 0 Å². The van der Waals surface area contributed by atoms with Crippen molar-refractivity contribution in [2.24, 2.45) is 0 Å².